The van der Waals surface area contributed by atoms with Crippen LogP contribution in [0.2, 0.25) is 0 Å². The minimum Gasteiger partial charge on any atom is -0.463 e. The van der Waals surface area contributed by atoms with Gasteiger partial charge in [0.2, 0.25) is 10.0 Å². The SMILES string of the molecule is C=CC(=O)OCC.CCCCS(N)(=O)=O. The average molecular weight is 237 g/mol. The van der Waals surface area contributed by atoms with Gasteiger partial charge in [-0.15, -0.1) is 0 Å². The van der Waals surface area contributed by atoms with E-state index in [0.717, 1.165) is 12.5 Å². The van der Waals surface area contributed by atoms with E-state index in [1.807, 2.05) is 6.92 Å². The predicted molar refractivity (Wildman–Crippen MR) is 59.7 cm³/mol. The van der Waals surface area contributed by atoms with Gasteiger partial charge in [0.15, 0.2) is 0 Å². The molecule has 0 fully saturated rings. The summed E-state index contributed by atoms with van der Waals surface area (Å²) in [7, 11) is -3.19. The monoisotopic (exact) mass is 237 g/mol. The first-order valence-electron chi connectivity index (χ1n) is 4.67. The van der Waals surface area contributed by atoms with Crippen LogP contribution in [0.15, 0.2) is 12.7 Å². The molecule has 0 saturated carbocycles. The summed E-state index contributed by atoms with van der Waals surface area (Å²) < 4.78 is 24.8. The summed E-state index contributed by atoms with van der Waals surface area (Å²) in [4.78, 5) is 10.1. The van der Waals surface area contributed by atoms with Crippen LogP contribution in [-0.4, -0.2) is 26.7 Å². The molecule has 15 heavy (non-hydrogen) atoms. The summed E-state index contributed by atoms with van der Waals surface area (Å²) in [6.07, 6.45) is 2.68. The quantitative estimate of drug-likeness (QED) is 0.566. The van der Waals surface area contributed by atoms with Gasteiger partial charge in [-0.2, -0.15) is 0 Å². The first kappa shape index (κ1) is 16.5. The van der Waals surface area contributed by atoms with Crippen molar-refractivity contribution in [2.75, 3.05) is 12.4 Å². The molecule has 6 heteroatoms. The van der Waals surface area contributed by atoms with Gasteiger partial charge in [0.05, 0.1) is 12.4 Å². The summed E-state index contributed by atoms with van der Waals surface area (Å²) in [6.45, 7) is 7.30. The maximum atomic E-state index is 10.2. The smallest absolute Gasteiger partial charge is 0.330 e. The third kappa shape index (κ3) is 19.5. The van der Waals surface area contributed by atoms with Crippen molar-refractivity contribution in [1.29, 1.82) is 0 Å². The Labute approximate surface area is 91.4 Å². The number of hydrogen-bond donors (Lipinski definition) is 1. The molecule has 0 spiro atoms. The van der Waals surface area contributed by atoms with Crippen LogP contribution in [0.3, 0.4) is 0 Å². The van der Waals surface area contributed by atoms with Crippen LogP contribution in [0.1, 0.15) is 26.7 Å². The second-order valence-corrected chi connectivity index (χ2v) is 4.41. The Bertz CT molecular complexity index is 272. The number of carbonyl (C=O) groups excluding carboxylic acids is 1. The lowest BCUT2D eigenvalue weighted by atomic mass is 10.4. The lowest BCUT2D eigenvalue weighted by molar-refractivity contribution is -0.137. The van der Waals surface area contributed by atoms with Gasteiger partial charge < -0.3 is 4.74 Å². The highest BCUT2D eigenvalue weighted by atomic mass is 32.2. The third-order valence-corrected chi connectivity index (χ3v) is 2.09. The summed E-state index contributed by atoms with van der Waals surface area (Å²) >= 11 is 0. The van der Waals surface area contributed by atoms with Crippen LogP contribution in [0.5, 0.6) is 0 Å². The van der Waals surface area contributed by atoms with E-state index in [4.69, 9.17) is 5.14 Å². The van der Waals surface area contributed by atoms with Crippen LogP contribution in [0.25, 0.3) is 0 Å². The van der Waals surface area contributed by atoms with Crippen LogP contribution >= 0.6 is 0 Å². The molecule has 2 N–H and O–H groups in total. The minimum atomic E-state index is -3.19. The molecule has 90 valence electrons. The molecule has 0 radical (unpaired) electrons. The topological polar surface area (TPSA) is 86.5 Å². The minimum absolute atomic E-state index is 0.115. The molecule has 0 aliphatic carbocycles. The van der Waals surface area contributed by atoms with Crippen molar-refractivity contribution in [1.82, 2.24) is 0 Å². The van der Waals surface area contributed by atoms with Gasteiger partial charge >= 0.3 is 5.97 Å². The van der Waals surface area contributed by atoms with Crippen molar-refractivity contribution in [2.45, 2.75) is 26.7 Å². The van der Waals surface area contributed by atoms with Gasteiger partial charge in [-0.3, -0.25) is 0 Å². The van der Waals surface area contributed by atoms with Crippen LogP contribution in [0.4, 0.5) is 0 Å². The van der Waals surface area contributed by atoms with E-state index >= 15 is 0 Å². The van der Waals surface area contributed by atoms with E-state index in [2.05, 4.69) is 11.3 Å². The lowest BCUT2D eigenvalue weighted by Crippen LogP contribution is -2.15. The Morgan fingerprint density at radius 2 is 2.00 bits per heavy atom. The number of rotatable bonds is 5. The molecular formula is C9H19NO4S. The molecule has 0 rings (SSSR count). The van der Waals surface area contributed by atoms with Gasteiger partial charge in [0.25, 0.3) is 0 Å². The van der Waals surface area contributed by atoms with E-state index in [1.54, 1.807) is 6.92 Å². The average Bonchev–Trinajstić information content (AvgIpc) is 2.15. The zero-order chi connectivity index (χ0) is 12.3. The molecular weight excluding hydrogens is 218 g/mol. The van der Waals surface area contributed by atoms with Crippen LogP contribution in [0, 0.1) is 0 Å². The first-order chi connectivity index (χ1) is 6.87. The van der Waals surface area contributed by atoms with E-state index < -0.39 is 10.0 Å². The zero-order valence-corrected chi connectivity index (χ0v) is 10.0. The highest BCUT2D eigenvalue weighted by molar-refractivity contribution is 7.89. The number of carbonyl (C=O) groups is 1. The van der Waals surface area contributed by atoms with E-state index in [-0.39, 0.29) is 11.7 Å². The maximum absolute atomic E-state index is 10.2. The molecule has 0 aromatic heterocycles. The van der Waals surface area contributed by atoms with Gasteiger partial charge in [-0.1, -0.05) is 19.9 Å². The molecule has 0 saturated heterocycles. The van der Waals surface area contributed by atoms with Crippen molar-refractivity contribution in [3.05, 3.63) is 12.7 Å². The second kappa shape index (κ2) is 9.67. The molecule has 0 aliphatic heterocycles. The summed E-state index contributed by atoms with van der Waals surface area (Å²) in [5.74, 6) is -0.244. The van der Waals surface area contributed by atoms with Crippen molar-refractivity contribution in [3.63, 3.8) is 0 Å². The van der Waals surface area contributed by atoms with Crippen molar-refractivity contribution in [3.8, 4) is 0 Å². The van der Waals surface area contributed by atoms with Gasteiger partial charge in [-0.25, -0.2) is 18.4 Å². The van der Waals surface area contributed by atoms with Crippen molar-refractivity contribution >= 4 is 16.0 Å². The predicted octanol–water partition coefficient (Wildman–Crippen LogP) is 0.810. The fourth-order valence-corrected chi connectivity index (χ4v) is 1.24. The molecule has 0 unspecified atom stereocenters. The van der Waals surface area contributed by atoms with Crippen molar-refractivity contribution in [2.24, 2.45) is 5.14 Å². The number of unbranched alkanes of at least 4 members (excludes halogenated alkanes) is 1. The number of primary sulfonamides is 1. The Kier molecular flexibility index (Phi) is 10.7. The Morgan fingerprint density at radius 1 is 1.47 bits per heavy atom. The van der Waals surface area contributed by atoms with Gasteiger partial charge in [0.1, 0.15) is 0 Å². The number of hydrogen-bond acceptors (Lipinski definition) is 4. The summed E-state index contributed by atoms with van der Waals surface area (Å²) in [6, 6.07) is 0. The molecule has 0 amide bonds. The number of ether oxygens (including phenoxy) is 1. The van der Waals surface area contributed by atoms with Gasteiger partial charge in [-0.05, 0) is 13.3 Å². The highest BCUT2D eigenvalue weighted by Crippen LogP contribution is 1.88. The van der Waals surface area contributed by atoms with Crippen LogP contribution in [-0.2, 0) is 19.6 Å². The number of nitrogens with two attached hydrogens (primary N) is 1. The molecule has 0 aliphatic rings. The maximum Gasteiger partial charge on any atom is 0.330 e. The van der Waals surface area contributed by atoms with E-state index in [1.165, 1.54) is 0 Å². The lowest BCUT2D eigenvalue weighted by Gasteiger charge is -1.91. The largest absolute Gasteiger partial charge is 0.463 e. The summed E-state index contributed by atoms with van der Waals surface area (Å²) in [5.41, 5.74) is 0. The Balaban J connectivity index is 0. The Hall–Kier alpha value is -0.880. The molecule has 0 bridgehead atoms. The second-order valence-electron chi connectivity index (χ2n) is 2.68. The van der Waals surface area contributed by atoms with Gasteiger partial charge in [0, 0.05) is 6.08 Å². The summed E-state index contributed by atoms with van der Waals surface area (Å²) in [5, 5.41) is 4.69. The zero-order valence-electron chi connectivity index (χ0n) is 9.23. The van der Waals surface area contributed by atoms with Crippen molar-refractivity contribution < 1.29 is 17.9 Å². The third-order valence-electron chi connectivity index (χ3n) is 1.24. The number of esters is 1. The fraction of sp³-hybridized carbons (Fsp3) is 0.667. The Morgan fingerprint density at radius 3 is 2.13 bits per heavy atom. The first-order valence-corrected chi connectivity index (χ1v) is 6.38. The normalized spacial score (nSPS) is 9.80. The highest BCUT2D eigenvalue weighted by Gasteiger charge is 1.98. The van der Waals surface area contributed by atoms with E-state index in [9.17, 15) is 13.2 Å². The standard InChI is InChI=1S/C5H8O2.C4H11NO2S/c1-3-5(6)7-4-2;1-2-3-4-8(5,6)7/h3H,1,4H2,2H3;2-4H2,1H3,(H2,5,6,7). The van der Waals surface area contributed by atoms with E-state index in [0.29, 0.717) is 13.0 Å². The molecule has 0 heterocycles. The number of sulfonamides is 1. The fourth-order valence-electron chi connectivity index (χ4n) is 0.547. The molecule has 0 aromatic rings. The van der Waals surface area contributed by atoms with Crippen LogP contribution < -0.4 is 5.14 Å². The molecule has 0 atom stereocenters. The molecule has 0 aromatic carbocycles. The molecule has 5 nitrogen and oxygen atoms in total.